The number of piperidine rings is 1. The van der Waals surface area contributed by atoms with Gasteiger partial charge in [-0.05, 0) is 33.1 Å². The molecule has 0 aliphatic carbocycles. The molecule has 2 aliphatic heterocycles. The standard InChI is InChI=1S/C15H23N3O4S/c1-10-14(11(2)22-17-10)15(19)16-12-3-6-18(7-4-12)13-5-8-23(20,21)9-13/h12-13H,3-9H2,1-2H3,(H,16,19)/t13-/m0/s1. The van der Waals surface area contributed by atoms with Crippen LogP contribution in [0, 0.1) is 13.8 Å². The number of likely N-dealkylation sites (tertiary alicyclic amines) is 1. The fourth-order valence-electron chi connectivity index (χ4n) is 3.54. The highest BCUT2D eigenvalue weighted by molar-refractivity contribution is 7.91. The molecule has 2 fully saturated rings. The number of hydrogen-bond acceptors (Lipinski definition) is 6. The van der Waals surface area contributed by atoms with E-state index in [9.17, 15) is 13.2 Å². The molecule has 1 aromatic rings. The quantitative estimate of drug-likeness (QED) is 0.869. The Morgan fingerprint density at radius 3 is 2.48 bits per heavy atom. The summed E-state index contributed by atoms with van der Waals surface area (Å²) < 4.78 is 28.2. The van der Waals surface area contributed by atoms with Gasteiger partial charge in [0.1, 0.15) is 11.3 Å². The zero-order valence-corrected chi connectivity index (χ0v) is 14.4. The molecule has 3 rings (SSSR count). The Kier molecular flexibility index (Phi) is 4.46. The number of sulfone groups is 1. The second-order valence-electron chi connectivity index (χ2n) is 6.54. The summed E-state index contributed by atoms with van der Waals surface area (Å²) in [6.45, 7) is 5.14. The first-order chi connectivity index (χ1) is 10.9. The average molecular weight is 341 g/mol. The highest BCUT2D eigenvalue weighted by Gasteiger charge is 2.34. The largest absolute Gasteiger partial charge is 0.361 e. The Morgan fingerprint density at radius 2 is 1.96 bits per heavy atom. The van der Waals surface area contributed by atoms with Gasteiger partial charge in [-0.2, -0.15) is 0 Å². The van der Waals surface area contributed by atoms with Crippen molar-refractivity contribution in [2.75, 3.05) is 24.6 Å². The van der Waals surface area contributed by atoms with Crippen LogP contribution in [-0.4, -0.2) is 61.1 Å². The molecule has 1 N–H and O–H groups in total. The summed E-state index contributed by atoms with van der Waals surface area (Å²) in [5, 5.41) is 6.85. The molecule has 1 amide bonds. The van der Waals surface area contributed by atoms with Crippen LogP contribution in [0.2, 0.25) is 0 Å². The minimum absolute atomic E-state index is 0.116. The fraction of sp³-hybridized carbons (Fsp3) is 0.733. The summed E-state index contributed by atoms with van der Waals surface area (Å²) in [5.41, 5.74) is 1.13. The van der Waals surface area contributed by atoms with E-state index in [1.54, 1.807) is 13.8 Å². The molecular formula is C15H23N3O4S. The molecule has 0 radical (unpaired) electrons. The minimum Gasteiger partial charge on any atom is -0.361 e. The Balaban J connectivity index is 1.53. The lowest BCUT2D eigenvalue weighted by Gasteiger charge is -2.35. The van der Waals surface area contributed by atoms with Crippen LogP contribution >= 0.6 is 0 Å². The van der Waals surface area contributed by atoms with Gasteiger partial charge in [-0.25, -0.2) is 8.42 Å². The Hall–Kier alpha value is -1.41. The van der Waals surface area contributed by atoms with E-state index in [2.05, 4.69) is 15.4 Å². The second-order valence-corrected chi connectivity index (χ2v) is 8.77. The van der Waals surface area contributed by atoms with Crippen molar-refractivity contribution >= 4 is 15.7 Å². The van der Waals surface area contributed by atoms with Gasteiger partial charge in [-0.1, -0.05) is 5.16 Å². The van der Waals surface area contributed by atoms with Crippen LogP contribution in [0.15, 0.2) is 4.52 Å². The summed E-state index contributed by atoms with van der Waals surface area (Å²) >= 11 is 0. The van der Waals surface area contributed by atoms with E-state index in [4.69, 9.17) is 4.52 Å². The van der Waals surface area contributed by atoms with E-state index >= 15 is 0 Å². The van der Waals surface area contributed by atoms with Gasteiger partial charge in [0, 0.05) is 25.2 Å². The van der Waals surface area contributed by atoms with Crippen LogP contribution in [0.1, 0.15) is 41.1 Å². The lowest BCUT2D eigenvalue weighted by molar-refractivity contribution is 0.0896. The van der Waals surface area contributed by atoms with Gasteiger partial charge in [-0.15, -0.1) is 0 Å². The molecular weight excluding hydrogens is 318 g/mol. The van der Waals surface area contributed by atoms with Crippen molar-refractivity contribution in [1.82, 2.24) is 15.4 Å². The Labute approximate surface area is 136 Å². The van der Waals surface area contributed by atoms with Crippen molar-refractivity contribution in [2.24, 2.45) is 0 Å². The Bertz CT molecular complexity index is 670. The number of rotatable bonds is 3. The number of aromatic nitrogens is 1. The third-order valence-electron chi connectivity index (χ3n) is 4.85. The van der Waals surface area contributed by atoms with Crippen LogP contribution in [0.3, 0.4) is 0 Å². The van der Waals surface area contributed by atoms with Crippen molar-refractivity contribution in [3.05, 3.63) is 17.0 Å². The zero-order valence-electron chi connectivity index (χ0n) is 13.5. The predicted molar refractivity (Wildman–Crippen MR) is 85.1 cm³/mol. The first-order valence-corrected chi connectivity index (χ1v) is 9.86. The van der Waals surface area contributed by atoms with Crippen LogP contribution in [0.5, 0.6) is 0 Å². The summed E-state index contributed by atoms with van der Waals surface area (Å²) in [6.07, 6.45) is 2.41. The molecule has 7 nitrogen and oxygen atoms in total. The molecule has 8 heteroatoms. The van der Waals surface area contributed by atoms with Crippen LogP contribution in [-0.2, 0) is 9.84 Å². The minimum atomic E-state index is -2.85. The molecule has 0 spiro atoms. The molecule has 0 unspecified atom stereocenters. The number of nitrogens with one attached hydrogen (secondary N) is 1. The van der Waals surface area contributed by atoms with Crippen molar-refractivity contribution in [3.63, 3.8) is 0 Å². The molecule has 3 heterocycles. The Morgan fingerprint density at radius 1 is 1.26 bits per heavy atom. The van der Waals surface area contributed by atoms with Crippen LogP contribution < -0.4 is 5.32 Å². The first kappa shape index (κ1) is 16.4. The lowest BCUT2D eigenvalue weighted by atomic mass is 10.0. The molecule has 23 heavy (non-hydrogen) atoms. The maximum atomic E-state index is 12.3. The summed E-state index contributed by atoms with van der Waals surface area (Å²) in [7, 11) is -2.85. The van der Waals surface area contributed by atoms with E-state index in [0.717, 1.165) is 32.4 Å². The monoisotopic (exact) mass is 341 g/mol. The number of carbonyl (C=O) groups is 1. The molecule has 0 aromatic carbocycles. The van der Waals surface area contributed by atoms with Crippen LogP contribution in [0.25, 0.3) is 0 Å². The van der Waals surface area contributed by atoms with Gasteiger partial charge >= 0.3 is 0 Å². The topological polar surface area (TPSA) is 92.5 Å². The van der Waals surface area contributed by atoms with Gasteiger partial charge in [-0.3, -0.25) is 9.69 Å². The van der Waals surface area contributed by atoms with Crippen molar-refractivity contribution < 1.29 is 17.7 Å². The third-order valence-corrected chi connectivity index (χ3v) is 6.60. The van der Waals surface area contributed by atoms with Crippen molar-refractivity contribution in [2.45, 2.75) is 45.2 Å². The second kappa shape index (κ2) is 6.24. The summed E-state index contributed by atoms with van der Waals surface area (Å²) in [5.74, 6) is 0.987. The van der Waals surface area contributed by atoms with E-state index < -0.39 is 9.84 Å². The first-order valence-electron chi connectivity index (χ1n) is 8.04. The molecule has 2 saturated heterocycles. The summed E-state index contributed by atoms with van der Waals surface area (Å²) in [4.78, 5) is 14.6. The normalized spacial score (nSPS) is 25.6. The van der Waals surface area contributed by atoms with E-state index in [1.165, 1.54) is 0 Å². The number of hydrogen-bond donors (Lipinski definition) is 1. The van der Waals surface area contributed by atoms with Gasteiger partial charge in [0.25, 0.3) is 5.91 Å². The fourth-order valence-corrected chi connectivity index (χ4v) is 5.30. The van der Waals surface area contributed by atoms with Crippen molar-refractivity contribution in [3.8, 4) is 0 Å². The van der Waals surface area contributed by atoms with E-state index in [-0.39, 0.29) is 23.7 Å². The number of carbonyl (C=O) groups excluding carboxylic acids is 1. The number of aryl methyl sites for hydroxylation is 2. The SMILES string of the molecule is Cc1noc(C)c1C(=O)NC1CCN([C@H]2CCS(=O)(=O)C2)CC1. The van der Waals surface area contributed by atoms with Gasteiger partial charge in [0.05, 0.1) is 17.2 Å². The van der Waals surface area contributed by atoms with Crippen LogP contribution in [0.4, 0.5) is 0 Å². The zero-order chi connectivity index (χ0) is 16.6. The van der Waals surface area contributed by atoms with Gasteiger partial charge < -0.3 is 9.84 Å². The summed E-state index contributed by atoms with van der Waals surface area (Å²) in [6, 6.07) is 0.268. The smallest absolute Gasteiger partial charge is 0.257 e. The highest BCUT2D eigenvalue weighted by atomic mass is 32.2. The molecule has 2 aliphatic rings. The predicted octanol–water partition coefficient (Wildman–Crippen LogP) is 0.673. The third kappa shape index (κ3) is 3.58. The lowest BCUT2D eigenvalue weighted by Crippen LogP contribution is -2.48. The molecule has 0 saturated carbocycles. The maximum Gasteiger partial charge on any atom is 0.257 e. The molecule has 0 bridgehead atoms. The molecule has 128 valence electrons. The average Bonchev–Trinajstić information content (AvgIpc) is 3.02. The van der Waals surface area contributed by atoms with E-state index in [1.807, 2.05) is 0 Å². The van der Waals surface area contributed by atoms with Crippen molar-refractivity contribution in [1.29, 1.82) is 0 Å². The van der Waals surface area contributed by atoms with E-state index in [0.29, 0.717) is 22.8 Å². The van der Waals surface area contributed by atoms with Gasteiger partial charge in [0.15, 0.2) is 9.84 Å². The van der Waals surface area contributed by atoms with Gasteiger partial charge in [0.2, 0.25) is 0 Å². The number of nitrogens with zero attached hydrogens (tertiary/aromatic N) is 2. The maximum absolute atomic E-state index is 12.3. The molecule has 1 atom stereocenters. The molecule has 1 aromatic heterocycles. The highest BCUT2D eigenvalue weighted by Crippen LogP contribution is 2.22. The number of amides is 1.